The Hall–Kier alpha value is -1.49. The van der Waals surface area contributed by atoms with Gasteiger partial charge in [0.15, 0.2) is 0 Å². The molecule has 90 valence electrons. The van der Waals surface area contributed by atoms with E-state index in [-0.39, 0.29) is 5.75 Å². The fourth-order valence-corrected chi connectivity index (χ4v) is 2.37. The number of rotatable bonds is 1. The number of aryl methyl sites for hydroxylation is 2. The fourth-order valence-electron chi connectivity index (χ4n) is 1.83. The molecule has 0 fully saturated rings. The van der Waals surface area contributed by atoms with Crippen LogP contribution in [0.4, 0.5) is 5.82 Å². The molecule has 1 aromatic heterocycles. The summed E-state index contributed by atoms with van der Waals surface area (Å²) in [6.07, 6.45) is 1.67. The van der Waals surface area contributed by atoms with Gasteiger partial charge in [-0.25, -0.2) is 0 Å². The Morgan fingerprint density at radius 1 is 1.41 bits per heavy atom. The third-order valence-electron chi connectivity index (χ3n) is 3.03. The van der Waals surface area contributed by atoms with Gasteiger partial charge in [-0.2, -0.15) is 5.10 Å². The van der Waals surface area contributed by atoms with Crippen LogP contribution in [-0.2, 0) is 7.05 Å². The van der Waals surface area contributed by atoms with Gasteiger partial charge in [0.2, 0.25) is 0 Å². The van der Waals surface area contributed by atoms with E-state index in [4.69, 9.17) is 5.73 Å². The highest BCUT2D eigenvalue weighted by molar-refractivity contribution is 9.10. The summed E-state index contributed by atoms with van der Waals surface area (Å²) in [7, 11) is 1.77. The minimum atomic E-state index is 0.202. The zero-order valence-electron chi connectivity index (χ0n) is 9.95. The number of aromatic nitrogens is 2. The molecule has 0 radical (unpaired) electrons. The molecule has 0 spiro atoms. The Kier molecular flexibility index (Phi) is 2.87. The van der Waals surface area contributed by atoms with Gasteiger partial charge in [-0.15, -0.1) is 0 Å². The van der Waals surface area contributed by atoms with Gasteiger partial charge in [-0.1, -0.05) is 0 Å². The molecule has 17 heavy (non-hydrogen) atoms. The quantitative estimate of drug-likeness (QED) is 0.850. The van der Waals surface area contributed by atoms with Crippen molar-refractivity contribution in [1.82, 2.24) is 9.78 Å². The van der Waals surface area contributed by atoms with Gasteiger partial charge in [0.05, 0.1) is 10.7 Å². The van der Waals surface area contributed by atoms with Crippen molar-refractivity contribution >= 4 is 21.7 Å². The van der Waals surface area contributed by atoms with Crippen molar-refractivity contribution in [2.75, 3.05) is 5.73 Å². The Morgan fingerprint density at radius 2 is 2.06 bits per heavy atom. The molecule has 5 heteroatoms. The predicted molar refractivity (Wildman–Crippen MR) is 71.9 cm³/mol. The molecule has 1 aromatic carbocycles. The third kappa shape index (κ3) is 1.80. The summed E-state index contributed by atoms with van der Waals surface area (Å²) < 4.78 is 2.25. The van der Waals surface area contributed by atoms with Crippen LogP contribution in [0.5, 0.6) is 5.75 Å². The monoisotopic (exact) mass is 295 g/mol. The molecule has 0 aliphatic carbocycles. The number of halogens is 1. The van der Waals surface area contributed by atoms with Gasteiger partial charge in [0.1, 0.15) is 11.6 Å². The van der Waals surface area contributed by atoms with Gasteiger partial charge < -0.3 is 10.8 Å². The Labute approximate surface area is 108 Å². The third-order valence-corrected chi connectivity index (χ3v) is 3.63. The fraction of sp³-hybridized carbons (Fsp3) is 0.250. The lowest BCUT2D eigenvalue weighted by Crippen LogP contribution is -1.99. The molecule has 3 N–H and O–H groups in total. The molecular formula is C12H14BrN3O. The number of anilines is 1. The number of phenols is 1. The number of phenolic OH excluding ortho intramolecular Hbond substituents is 1. The molecule has 2 rings (SSSR count). The van der Waals surface area contributed by atoms with Crippen molar-refractivity contribution in [1.29, 1.82) is 0 Å². The number of nitrogens with two attached hydrogens (primary N) is 1. The molecule has 0 saturated heterocycles. The van der Waals surface area contributed by atoms with Crippen molar-refractivity contribution in [3.05, 3.63) is 27.9 Å². The zero-order chi connectivity index (χ0) is 12.7. The lowest BCUT2D eigenvalue weighted by molar-refractivity contribution is 0.473. The van der Waals surface area contributed by atoms with E-state index in [1.165, 1.54) is 0 Å². The molecule has 0 bridgehead atoms. The van der Waals surface area contributed by atoms with Crippen LogP contribution >= 0.6 is 15.9 Å². The molecule has 2 aromatic rings. The first-order chi connectivity index (χ1) is 7.93. The standard InChI is InChI=1S/C12H14BrN3O/c1-6-4-9(13)11(17)10(7(6)2)8-5-15-16(3)12(8)14/h4-5,17H,14H2,1-3H3. The molecule has 0 saturated carbocycles. The molecule has 0 amide bonds. The number of hydrogen-bond acceptors (Lipinski definition) is 3. The largest absolute Gasteiger partial charge is 0.506 e. The second-order valence-corrected chi connectivity index (χ2v) is 4.95. The van der Waals surface area contributed by atoms with Gasteiger partial charge in [-0.3, -0.25) is 4.68 Å². The molecule has 0 aliphatic heterocycles. The lowest BCUT2D eigenvalue weighted by atomic mass is 9.97. The summed E-state index contributed by atoms with van der Waals surface area (Å²) in [5.41, 5.74) is 9.54. The second kappa shape index (κ2) is 4.07. The van der Waals surface area contributed by atoms with Gasteiger partial charge in [0.25, 0.3) is 0 Å². The van der Waals surface area contributed by atoms with E-state index in [0.717, 1.165) is 22.3 Å². The van der Waals surface area contributed by atoms with Crippen molar-refractivity contribution in [3.8, 4) is 16.9 Å². The molecule has 4 nitrogen and oxygen atoms in total. The van der Waals surface area contributed by atoms with E-state index in [1.807, 2.05) is 19.9 Å². The van der Waals surface area contributed by atoms with E-state index in [2.05, 4.69) is 21.0 Å². The average molecular weight is 296 g/mol. The van der Waals surface area contributed by atoms with Crippen LogP contribution in [0.2, 0.25) is 0 Å². The maximum Gasteiger partial charge on any atom is 0.138 e. The van der Waals surface area contributed by atoms with Gasteiger partial charge >= 0.3 is 0 Å². The summed E-state index contributed by atoms with van der Waals surface area (Å²) in [5.74, 6) is 0.744. The first-order valence-corrected chi connectivity index (χ1v) is 5.99. The number of nitrogen functional groups attached to an aromatic ring is 1. The van der Waals surface area contributed by atoms with Crippen molar-refractivity contribution in [3.63, 3.8) is 0 Å². The van der Waals surface area contributed by atoms with E-state index in [9.17, 15) is 5.11 Å². The van der Waals surface area contributed by atoms with Crippen molar-refractivity contribution in [2.24, 2.45) is 7.05 Å². The average Bonchev–Trinajstić information content (AvgIpc) is 2.59. The summed E-state index contributed by atoms with van der Waals surface area (Å²) in [5, 5.41) is 14.2. The highest BCUT2D eigenvalue weighted by Gasteiger charge is 2.17. The van der Waals surface area contributed by atoms with Gasteiger partial charge in [0, 0.05) is 18.2 Å². The molecule has 0 aliphatic rings. The van der Waals surface area contributed by atoms with E-state index >= 15 is 0 Å². The van der Waals surface area contributed by atoms with Crippen LogP contribution in [-0.4, -0.2) is 14.9 Å². The van der Waals surface area contributed by atoms with Crippen LogP contribution in [0.15, 0.2) is 16.7 Å². The number of nitrogens with zero attached hydrogens (tertiary/aromatic N) is 2. The molecule has 0 unspecified atom stereocenters. The molecular weight excluding hydrogens is 282 g/mol. The van der Waals surface area contributed by atoms with E-state index in [0.29, 0.717) is 10.3 Å². The maximum absolute atomic E-state index is 10.2. The lowest BCUT2D eigenvalue weighted by Gasteiger charge is -2.12. The molecule has 1 heterocycles. The number of hydrogen-bond donors (Lipinski definition) is 2. The predicted octanol–water partition coefficient (Wildman–Crippen LogP) is 2.75. The summed E-state index contributed by atoms with van der Waals surface area (Å²) in [6, 6.07) is 1.89. The highest BCUT2D eigenvalue weighted by atomic mass is 79.9. The molecule has 0 atom stereocenters. The minimum absolute atomic E-state index is 0.202. The van der Waals surface area contributed by atoms with E-state index in [1.54, 1.807) is 17.9 Å². The second-order valence-electron chi connectivity index (χ2n) is 4.09. The Morgan fingerprint density at radius 3 is 2.59 bits per heavy atom. The summed E-state index contributed by atoms with van der Waals surface area (Å²) in [6.45, 7) is 3.96. The summed E-state index contributed by atoms with van der Waals surface area (Å²) in [4.78, 5) is 0. The number of aromatic hydroxyl groups is 1. The van der Waals surface area contributed by atoms with Crippen LogP contribution in [0, 0.1) is 13.8 Å². The van der Waals surface area contributed by atoms with Crippen molar-refractivity contribution in [2.45, 2.75) is 13.8 Å². The summed E-state index contributed by atoms with van der Waals surface area (Å²) >= 11 is 3.34. The van der Waals surface area contributed by atoms with Crippen LogP contribution in [0.3, 0.4) is 0 Å². The highest BCUT2D eigenvalue weighted by Crippen LogP contribution is 2.41. The topological polar surface area (TPSA) is 64.1 Å². The van der Waals surface area contributed by atoms with Crippen LogP contribution in [0.25, 0.3) is 11.1 Å². The maximum atomic E-state index is 10.2. The minimum Gasteiger partial charge on any atom is -0.506 e. The smallest absolute Gasteiger partial charge is 0.138 e. The Bertz CT molecular complexity index is 564. The zero-order valence-corrected chi connectivity index (χ0v) is 11.5. The number of benzene rings is 1. The van der Waals surface area contributed by atoms with Crippen molar-refractivity contribution < 1.29 is 5.11 Å². The Balaban J connectivity index is 2.79. The van der Waals surface area contributed by atoms with E-state index < -0.39 is 0 Å². The van der Waals surface area contributed by atoms with Crippen LogP contribution < -0.4 is 5.73 Å². The first-order valence-electron chi connectivity index (χ1n) is 5.20. The normalized spacial score (nSPS) is 10.8. The SMILES string of the molecule is Cc1cc(Br)c(O)c(-c2cnn(C)c2N)c1C. The first kappa shape index (κ1) is 12.0. The van der Waals surface area contributed by atoms with Crippen LogP contribution in [0.1, 0.15) is 11.1 Å². The van der Waals surface area contributed by atoms with Gasteiger partial charge in [-0.05, 0) is 47.0 Å².